The first-order valence-electron chi connectivity index (χ1n) is 4.78. The molecule has 0 aliphatic carbocycles. The third-order valence-corrected chi connectivity index (χ3v) is 3.24. The zero-order valence-electron chi connectivity index (χ0n) is 8.75. The van der Waals surface area contributed by atoms with Crippen molar-refractivity contribution in [2.24, 2.45) is 0 Å². The van der Waals surface area contributed by atoms with E-state index in [2.05, 4.69) is 5.32 Å². The second-order valence-electron chi connectivity index (χ2n) is 3.48. The lowest BCUT2D eigenvalue weighted by Crippen LogP contribution is -2.10. The molecule has 1 aliphatic rings. The smallest absolute Gasteiger partial charge is 0.337 e. The number of nitrogens with one attached hydrogen (secondary N) is 1. The van der Waals surface area contributed by atoms with Crippen LogP contribution in [0.5, 0.6) is 0 Å². The van der Waals surface area contributed by atoms with Crippen LogP contribution in [0, 0.1) is 0 Å². The van der Waals surface area contributed by atoms with E-state index < -0.39 is 11.7 Å². The highest BCUT2D eigenvalue weighted by Crippen LogP contribution is 2.29. The van der Waals surface area contributed by atoms with E-state index >= 15 is 0 Å². The van der Waals surface area contributed by atoms with Gasteiger partial charge in [-0.2, -0.15) is 13.2 Å². The molecule has 1 aromatic carbocycles. The largest absolute Gasteiger partial charge is 0.416 e. The molecule has 0 saturated carbocycles. The number of carbonyl (C=O) groups is 1. The van der Waals surface area contributed by atoms with Crippen molar-refractivity contribution < 1.29 is 18.0 Å². The molecule has 2 nitrogen and oxygen atoms in total. The summed E-state index contributed by atoms with van der Waals surface area (Å²) >= 11 is 5.69. The first kappa shape index (κ1) is 13.1. The van der Waals surface area contributed by atoms with Crippen LogP contribution < -0.4 is 5.32 Å². The Morgan fingerprint density at radius 3 is 2.28 bits per heavy atom. The van der Waals surface area contributed by atoms with Gasteiger partial charge in [0.1, 0.15) is 4.32 Å². The molecule has 18 heavy (non-hydrogen) atoms. The van der Waals surface area contributed by atoms with Crippen LogP contribution in [0.15, 0.2) is 30.0 Å². The number of hydrogen-bond donors (Lipinski definition) is 1. The summed E-state index contributed by atoms with van der Waals surface area (Å²) in [5, 5.41) is 2.44. The average Bonchev–Trinajstić information content (AvgIpc) is 2.57. The van der Waals surface area contributed by atoms with Crippen LogP contribution in [0.3, 0.4) is 0 Å². The summed E-state index contributed by atoms with van der Waals surface area (Å²) in [4.78, 5) is 11.4. The molecule has 2 rings (SSSR count). The minimum absolute atomic E-state index is 0.236. The summed E-state index contributed by atoms with van der Waals surface area (Å²) in [6, 6.07) is 4.54. The van der Waals surface area contributed by atoms with Crippen molar-refractivity contribution in [1.29, 1.82) is 0 Å². The number of thiocarbonyl (C=S) groups is 1. The molecule has 0 radical (unpaired) electrons. The molecular formula is C11H6F3NOS2. The lowest BCUT2D eigenvalue weighted by molar-refractivity contribution is -0.137. The third-order valence-electron chi connectivity index (χ3n) is 2.19. The standard InChI is InChI=1S/C11H6F3NOS2/c12-11(13,14)7-3-1-6(2-4-7)5-8-9(16)18-10(17)15-8/h1-5H,(H,15,17). The monoisotopic (exact) mass is 289 g/mol. The van der Waals surface area contributed by atoms with Crippen molar-refractivity contribution in [3.63, 3.8) is 0 Å². The van der Waals surface area contributed by atoms with E-state index in [4.69, 9.17) is 12.2 Å². The third kappa shape index (κ3) is 2.91. The summed E-state index contributed by atoms with van der Waals surface area (Å²) in [5.41, 5.74) is 0.0640. The number of benzene rings is 1. The molecule has 1 N–H and O–H groups in total. The quantitative estimate of drug-likeness (QED) is 0.635. The number of rotatable bonds is 1. The van der Waals surface area contributed by atoms with Crippen molar-refractivity contribution >= 4 is 39.5 Å². The number of hydrogen-bond acceptors (Lipinski definition) is 3. The predicted molar refractivity (Wildman–Crippen MR) is 67.8 cm³/mol. The number of alkyl halides is 3. The molecule has 0 aromatic heterocycles. The molecule has 1 heterocycles. The Hall–Kier alpha value is -1.34. The lowest BCUT2D eigenvalue weighted by Gasteiger charge is -2.06. The Morgan fingerprint density at radius 1 is 1.22 bits per heavy atom. The Balaban J connectivity index is 2.24. The second kappa shape index (κ2) is 4.74. The van der Waals surface area contributed by atoms with E-state index in [-0.39, 0.29) is 10.8 Å². The van der Waals surface area contributed by atoms with Crippen LogP contribution in [-0.2, 0) is 11.0 Å². The van der Waals surface area contributed by atoms with Crippen molar-refractivity contribution in [2.45, 2.75) is 6.18 Å². The normalized spacial score (nSPS) is 18.3. The fourth-order valence-corrected chi connectivity index (χ4v) is 2.24. The van der Waals surface area contributed by atoms with E-state index in [1.807, 2.05) is 0 Å². The fourth-order valence-electron chi connectivity index (χ4n) is 1.36. The van der Waals surface area contributed by atoms with Gasteiger partial charge in [0.05, 0.1) is 11.3 Å². The number of carbonyl (C=O) groups excluding carboxylic acids is 1. The molecule has 0 atom stereocenters. The zero-order chi connectivity index (χ0) is 13.3. The Kier molecular flexibility index (Phi) is 3.45. The van der Waals surface area contributed by atoms with Crippen LogP contribution in [0.25, 0.3) is 6.08 Å². The van der Waals surface area contributed by atoms with Gasteiger partial charge in [-0.3, -0.25) is 4.79 Å². The van der Waals surface area contributed by atoms with Gasteiger partial charge in [-0.05, 0) is 35.5 Å². The SMILES string of the molecule is O=C1SC(=S)NC1=Cc1ccc(C(F)(F)F)cc1. The van der Waals surface area contributed by atoms with E-state index in [9.17, 15) is 18.0 Å². The van der Waals surface area contributed by atoms with Crippen molar-refractivity contribution in [1.82, 2.24) is 5.32 Å². The van der Waals surface area contributed by atoms with E-state index in [0.717, 1.165) is 23.9 Å². The lowest BCUT2D eigenvalue weighted by atomic mass is 10.1. The van der Waals surface area contributed by atoms with Crippen molar-refractivity contribution in [2.75, 3.05) is 0 Å². The molecule has 1 saturated heterocycles. The highest BCUT2D eigenvalue weighted by atomic mass is 32.2. The van der Waals surface area contributed by atoms with Gasteiger partial charge in [0.2, 0.25) is 5.12 Å². The Morgan fingerprint density at radius 2 is 1.83 bits per heavy atom. The molecule has 1 fully saturated rings. The zero-order valence-corrected chi connectivity index (χ0v) is 10.4. The summed E-state index contributed by atoms with van der Waals surface area (Å²) in [5.74, 6) is 0. The summed E-state index contributed by atoms with van der Waals surface area (Å²) < 4.78 is 37.4. The molecule has 1 aromatic rings. The van der Waals surface area contributed by atoms with Crippen LogP contribution in [0.1, 0.15) is 11.1 Å². The van der Waals surface area contributed by atoms with Gasteiger partial charge in [0, 0.05) is 0 Å². The van der Waals surface area contributed by atoms with Gasteiger partial charge in [-0.25, -0.2) is 0 Å². The van der Waals surface area contributed by atoms with Gasteiger partial charge < -0.3 is 5.32 Å². The van der Waals surface area contributed by atoms with E-state index in [0.29, 0.717) is 9.88 Å². The van der Waals surface area contributed by atoms with Gasteiger partial charge >= 0.3 is 6.18 Å². The summed E-state index contributed by atoms with van der Waals surface area (Å²) in [7, 11) is 0. The first-order chi connectivity index (χ1) is 8.36. The molecule has 0 amide bonds. The minimum atomic E-state index is -4.36. The van der Waals surface area contributed by atoms with E-state index in [1.165, 1.54) is 18.2 Å². The number of halogens is 3. The maximum Gasteiger partial charge on any atom is 0.416 e. The maximum absolute atomic E-state index is 12.3. The highest BCUT2D eigenvalue weighted by Gasteiger charge is 2.30. The number of thioether (sulfide) groups is 1. The van der Waals surface area contributed by atoms with Crippen LogP contribution >= 0.6 is 24.0 Å². The molecule has 0 spiro atoms. The summed E-state index contributed by atoms with van der Waals surface area (Å²) in [6.07, 6.45) is -2.89. The van der Waals surface area contributed by atoms with Gasteiger partial charge in [0.15, 0.2) is 0 Å². The topological polar surface area (TPSA) is 29.1 Å². The van der Waals surface area contributed by atoms with Gasteiger partial charge in [-0.15, -0.1) is 0 Å². The predicted octanol–water partition coefficient (Wildman–Crippen LogP) is 3.19. The van der Waals surface area contributed by atoms with Gasteiger partial charge in [0.25, 0.3) is 0 Å². The second-order valence-corrected chi connectivity index (χ2v) is 5.13. The minimum Gasteiger partial charge on any atom is -0.337 e. The van der Waals surface area contributed by atoms with Crippen LogP contribution in [-0.4, -0.2) is 9.44 Å². The molecule has 1 aliphatic heterocycles. The van der Waals surface area contributed by atoms with E-state index in [1.54, 1.807) is 0 Å². The molecule has 94 valence electrons. The van der Waals surface area contributed by atoms with Crippen LogP contribution in [0.2, 0.25) is 0 Å². The highest BCUT2D eigenvalue weighted by molar-refractivity contribution is 8.33. The van der Waals surface area contributed by atoms with Gasteiger partial charge in [-0.1, -0.05) is 24.4 Å². The van der Waals surface area contributed by atoms with Crippen molar-refractivity contribution in [3.8, 4) is 0 Å². The average molecular weight is 289 g/mol. The summed E-state index contributed by atoms with van der Waals surface area (Å²) in [6.45, 7) is 0. The maximum atomic E-state index is 12.3. The molecular weight excluding hydrogens is 283 g/mol. The molecule has 7 heteroatoms. The van der Waals surface area contributed by atoms with Crippen molar-refractivity contribution in [3.05, 3.63) is 41.1 Å². The Bertz CT molecular complexity index is 534. The molecule has 0 unspecified atom stereocenters. The van der Waals surface area contributed by atoms with Crippen LogP contribution in [0.4, 0.5) is 13.2 Å². The first-order valence-corrected chi connectivity index (χ1v) is 6.01. The Labute approximate surface area is 110 Å². The molecule has 0 bridgehead atoms. The fraction of sp³-hybridized carbons (Fsp3) is 0.0909.